The second-order valence-electron chi connectivity index (χ2n) is 4.58. The number of benzene rings is 2. The normalized spacial score (nSPS) is 12.2. The Labute approximate surface area is 116 Å². The average Bonchev–Trinajstić information content (AvgIpc) is 2.92. The Morgan fingerprint density at radius 1 is 1.10 bits per heavy atom. The molecule has 0 saturated heterocycles. The summed E-state index contributed by atoms with van der Waals surface area (Å²) in [6.45, 7) is 1.85. The van der Waals surface area contributed by atoms with Gasteiger partial charge in [-0.2, -0.15) is 0 Å². The van der Waals surface area contributed by atoms with Gasteiger partial charge in [-0.05, 0) is 31.2 Å². The highest BCUT2D eigenvalue weighted by Crippen LogP contribution is 2.19. The SMILES string of the molecule is C[C@H](NC(=O)c1ccccc1)c1nc2ccccc2o1. The van der Waals surface area contributed by atoms with Crippen molar-refractivity contribution in [3.8, 4) is 0 Å². The number of para-hydroxylation sites is 2. The second kappa shape index (κ2) is 5.17. The maximum atomic E-state index is 12.1. The fourth-order valence-corrected chi connectivity index (χ4v) is 2.01. The fourth-order valence-electron chi connectivity index (χ4n) is 2.01. The molecule has 4 heteroatoms. The largest absolute Gasteiger partial charge is 0.438 e. The van der Waals surface area contributed by atoms with E-state index in [-0.39, 0.29) is 11.9 Å². The van der Waals surface area contributed by atoms with Crippen LogP contribution in [-0.4, -0.2) is 10.9 Å². The standard InChI is InChI=1S/C16H14N2O2/c1-11(17-15(19)12-7-3-2-4-8-12)16-18-13-9-5-6-10-14(13)20-16/h2-11H,1H3,(H,17,19)/t11-/m0/s1. The zero-order valence-corrected chi connectivity index (χ0v) is 11.0. The Morgan fingerprint density at radius 3 is 2.55 bits per heavy atom. The summed E-state index contributed by atoms with van der Waals surface area (Å²) in [7, 11) is 0. The van der Waals surface area contributed by atoms with Gasteiger partial charge in [0, 0.05) is 5.56 Å². The van der Waals surface area contributed by atoms with Gasteiger partial charge in [-0.3, -0.25) is 4.79 Å². The van der Waals surface area contributed by atoms with Gasteiger partial charge < -0.3 is 9.73 Å². The van der Waals surface area contributed by atoms with Crippen LogP contribution in [0.5, 0.6) is 0 Å². The first-order valence-electron chi connectivity index (χ1n) is 6.45. The van der Waals surface area contributed by atoms with Gasteiger partial charge in [0.2, 0.25) is 5.89 Å². The highest BCUT2D eigenvalue weighted by molar-refractivity contribution is 5.94. The van der Waals surface area contributed by atoms with Gasteiger partial charge in [0.15, 0.2) is 5.58 Å². The molecule has 0 fully saturated rings. The average molecular weight is 266 g/mol. The molecule has 3 aromatic rings. The first kappa shape index (κ1) is 12.4. The molecule has 1 atom stereocenters. The van der Waals surface area contributed by atoms with Crippen molar-refractivity contribution in [2.24, 2.45) is 0 Å². The predicted octanol–water partition coefficient (Wildman–Crippen LogP) is 3.32. The predicted molar refractivity (Wildman–Crippen MR) is 76.3 cm³/mol. The number of carbonyl (C=O) groups is 1. The van der Waals surface area contributed by atoms with Crippen LogP contribution in [0.25, 0.3) is 11.1 Å². The van der Waals surface area contributed by atoms with Gasteiger partial charge in [-0.15, -0.1) is 0 Å². The summed E-state index contributed by atoms with van der Waals surface area (Å²) < 4.78 is 5.64. The first-order chi connectivity index (χ1) is 9.74. The molecule has 3 rings (SSSR count). The van der Waals surface area contributed by atoms with Crippen molar-refractivity contribution in [2.75, 3.05) is 0 Å². The lowest BCUT2D eigenvalue weighted by molar-refractivity contribution is 0.0934. The van der Waals surface area contributed by atoms with Crippen LogP contribution in [-0.2, 0) is 0 Å². The number of hydrogen-bond acceptors (Lipinski definition) is 3. The maximum Gasteiger partial charge on any atom is 0.251 e. The number of hydrogen-bond donors (Lipinski definition) is 1. The van der Waals surface area contributed by atoms with E-state index < -0.39 is 0 Å². The van der Waals surface area contributed by atoms with E-state index >= 15 is 0 Å². The van der Waals surface area contributed by atoms with Crippen molar-refractivity contribution in [3.63, 3.8) is 0 Å². The van der Waals surface area contributed by atoms with Gasteiger partial charge in [0.05, 0.1) is 0 Å². The lowest BCUT2D eigenvalue weighted by atomic mass is 10.2. The molecule has 1 amide bonds. The van der Waals surface area contributed by atoms with E-state index in [1.165, 1.54) is 0 Å². The Bertz CT molecular complexity index is 701. The van der Waals surface area contributed by atoms with Gasteiger partial charge >= 0.3 is 0 Å². The first-order valence-corrected chi connectivity index (χ1v) is 6.45. The van der Waals surface area contributed by atoms with E-state index in [2.05, 4.69) is 10.3 Å². The summed E-state index contributed by atoms with van der Waals surface area (Å²) in [6.07, 6.45) is 0. The summed E-state index contributed by atoms with van der Waals surface area (Å²) in [4.78, 5) is 16.4. The number of carbonyl (C=O) groups excluding carboxylic acids is 1. The molecule has 0 unspecified atom stereocenters. The van der Waals surface area contributed by atoms with Crippen molar-refractivity contribution in [3.05, 3.63) is 66.1 Å². The van der Waals surface area contributed by atoms with Crippen LogP contribution in [0.3, 0.4) is 0 Å². The summed E-state index contributed by atoms with van der Waals surface area (Å²) in [5.41, 5.74) is 2.14. The van der Waals surface area contributed by atoms with E-state index in [9.17, 15) is 4.79 Å². The van der Waals surface area contributed by atoms with Crippen LogP contribution in [0.1, 0.15) is 29.2 Å². The van der Waals surface area contributed by atoms with E-state index in [0.29, 0.717) is 11.5 Å². The van der Waals surface area contributed by atoms with Gasteiger partial charge in [0.1, 0.15) is 11.6 Å². The third kappa shape index (κ3) is 2.40. The van der Waals surface area contributed by atoms with Gasteiger partial charge in [-0.25, -0.2) is 4.98 Å². The second-order valence-corrected chi connectivity index (χ2v) is 4.58. The number of fused-ring (bicyclic) bond motifs is 1. The molecule has 0 saturated carbocycles. The van der Waals surface area contributed by atoms with Crippen molar-refractivity contribution < 1.29 is 9.21 Å². The molecule has 0 aliphatic heterocycles. The molecule has 0 spiro atoms. The smallest absolute Gasteiger partial charge is 0.251 e. The molecular formula is C16H14N2O2. The minimum Gasteiger partial charge on any atom is -0.438 e. The summed E-state index contributed by atoms with van der Waals surface area (Å²) in [5, 5.41) is 2.88. The van der Waals surface area contributed by atoms with E-state index in [1.54, 1.807) is 12.1 Å². The molecule has 0 aliphatic carbocycles. The van der Waals surface area contributed by atoms with Crippen LogP contribution in [0.2, 0.25) is 0 Å². The number of aromatic nitrogens is 1. The molecule has 2 aromatic carbocycles. The summed E-state index contributed by atoms with van der Waals surface area (Å²) in [6, 6.07) is 16.3. The highest BCUT2D eigenvalue weighted by Gasteiger charge is 2.16. The van der Waals surface area contributed by atoms with Crippen molar-refractivity contribution >= 4 is 17.0 Å². The molecule has 100 valence electrons. The Balaban J connectivity index is 1.79. The van der Waals surface area contributed by atoms with E-state index in [0.717, 1.165) is 11.1 Å². The monoisotopic (exact) mass is 266 g/mol. The number of oxazole rings is 1. The van der Waals surface area contributed by atoms with Gasteiger partial charge in [-0.1, -0.05) is 30.3 Å². The van der Waals surface area contributed by atoms with Crippen LogP contribution in [0, 0.1) is 0 Å². The summed E-state index contributed by atoms with van der Waals surface area (Å²) >= 11 is 0. The lowest BCUT2D eigenvalue weighted by Crippen LogP contribution is -2.26. The topological polar surface area (TPSA) is 55.1 Å². The molecule has 4 nitrogen and oxygen atoms in total. The van der Waals surface area contributed by atoms with E-state index in [4.69, 9.17) is 4.42 Å². The molecule has 1 N–H and O–H groups in total. The third-order valence-corrected chi connectivity index (χ3v) is 3.06. The lowest BCUT2D eigenvalue weighted by Gasteiger charge is -2.10. The minimum absolute atomic E-state index is 0.139. The van der Waals surface area contributed by atoms with Crippen LogP contribution < -0.4 is 5.32 Å². The number of nitrogens with zero attached hydrogens (tertiary/aromatic N) is 1. The molecule has 0 radical (unpaired) electrons. The molecular weight excluding hydrogens is 252 g/mol. The summed E-state index contributed by atoms with van der Waals surface area (Å²) in [5.74, 6) is 0.371. The van der Waals surface area contributed by atoms with Crippen molar-refractivity contribution in [1.29, 1.82) is 0 Å². The number of rotatable bonds is 3. The zero-order chi connectivity index (χ0) is 13.9. The Kier molecular flexibility index (Phi) is 3.21. The van der Waals surface area contributed by atoms with Crippen LogP contribution >= 0.6 is 0 Å². The number of amides is 1. The molecule has 1 heterocycles. The minimum atomic E-state index is -0.282. The molecule has 0 aliphatic rings. The van der Waals surface area contributed by atoms with Crippen LogP contribution in [0.15, 0.2) is 59.0 Å². The quantitative estimate of drug-likeness (QED) is 0.791. The maximum absolute atomic E-state index is 12.1. The van der Waals surface area contributed by atoms with Crippen molar-refractivity contribution in [2.45, 2.75) is 13.0 Å². The van der Waals surface area contributed by atoms with Crippen molar-refractivity contribution in [1.82, 2.24) is 10.3 Å². The fraction of sp³-hybridized carbons (Fsp3) is 0.125. The van der Waals surface area contributed by atoms with Crippen LogP contribution in [0.4, 0.5) is 0 Å². The molecule has 20 heavy (non-hydrogen) atoms. The molecule has 1 aromatic heterocycles. The third-order valence-electron chi connectivity index (χ3n) is 3.06. The zero-order valence-electron chi connectivity index (χ0n) is 11.0. The van der Waals surface area contributed by atoms with E-state index in [1.807, 2.05) is 49.4 Å². The molecule has 0 bridgehead atoms. The Hall–Kier alpha value is -2.62. The highest BCUT2D eigenvalue weighted by atomic mass is 16.3. The number of nitrogens with one attached hydrogen (secondary N) is 1. The Morgan fingerprint density at radius 2 is 1.80 bits per heavy atom. The van der Waals surface area contributed by atoms with Gasteiger partial charge in [0.25, 0.3) is 5.91 Å².